The molecule has 19 heavy (non-hydrogen) atoms. The normalized spacial score (nSPS) is 10.5. The summed E-state index contributed by atoms with van der Waals surface area (Å²) in [6, 6.07) is 4.45. The van der Waals surface area contributed by atoms with Gasteiger partial charge in [0, 0.05) is 23.7 Å². The quantitative estimate of drug-likeness (QED) is 0.881. The molecule has 0 amide bonds. The van der Waals surface area contributed by atoms with Crippen molar-refractivity contribution in [2.24, 2.45) is 5.73 Å². The Hall–Kier alpha value is -1.53. The van der Waals surface area contributed by atoms with E-state index < -0.39 is 0 Å². The Morgan fingerprint density at radius 2 is 2.26 bits per heavy atom. The summed E-state index contributed by atoms with van der Waals surface area (Å²) in [6.07, 6.45) is 0. The maximum absolute atomic E-state index is 13.3. The molecule has 1 aromatic heterocycles. The average Bonchev–Trinajstić information content (AvgIpc) is 2.74. The van der Waals surface area contributed by atoms with Gasteiger partial charge in [0.15, 0.2) is 0 Å². The van der Waals surface area contributed by atoms with Gasteiger partial charge in [-0.2, -0.15) is 0 Å². The topological polar surface area (TPSA) is 42.2 Å². The van der Waals surface area contributed by atoms with E-state index in [1.165, 1.54) is 12.1 Å². The summed E-state index contributed by atoms with van der Waals surface area (Å²) in [6.45, 7) is 2.60. The lowest BCUT2D eigenvalue weighted by molar-refractivity contribution is 0.627. The highest BCUT2D eigenvalue weighted by Crippen LogP contribution is 2.22. The van der Waals surface area contributed by atoms with Gasteiger partial charge >= 0.3 is 0 Å². The molecular weight excluding hydrogens is 281 g/mol. The van der Waals surface area contributed by atoms with Gasteiger partial charge in [-0.15, -0.1) is 11.3 Å². The number of thiocarbonyl (C=S) groups is 1. The van der Waals surface area contributed by atoms with Crippen LogP contribution in [-0.4, -0.2) is 17.0 Å². The maximum Gasteiger partial charge on any atom is 0.124 e. The highest BCUT2D eigenvalue weighted by molar-refractivity contribution is 7.80. The lowest BCUT2D eigenvalue weighted by Gasteiger charge is -2.21. The van der Waals surface area contributed by atoms with Crippen molar-refractivity contribution in [2.75, 3.05) is 11.9 Å². The van der Waals surface area contributed by atoms with E-state index in [0.717, 1.165) is 16.4 Å². The van der Waals surface area contributed by atoms with Gasteiger partial charge in [-0.25, -0.2) is 9.37 Å². The van der Waals surface area contributed by atoms with Gasteiger partial charge in [0.25, 0.3) is 0 Å². The van der Waals surface area contributed by atoms with E-state index in [1.807, 2.05) is 24.3 Å². The predicted molar refractivity (Wildman–Crippen MR) is 81.2 cm³/mol. The van der Waals surface area contributed by atoms with Crippen molar-refractivity contribution in [3.8, 4) is 0 Å². The van der Waals surface area contributed by atoms with Crippen LogP contribution in [0.3, 0.4) is 0 Å². The Bertz CT molecular complexity index is 610. The van der Waals surface area contributed by atoms with Crippen LogP contribution in [0.4, 0.5) is 10.1 Å². The van der Waals surface area contributed by atoms with Crippen LogP contribution in [0.1, 0.15) is 16.3 Å². The van der Waals surface area contributed by atoms with Gasteiger partial charge in [0.1, 0.15) is 10.8 Å². The predicted octanol–water partition coefficient (Wildman–Crippen LogP) is 2.86. The lowest BCUT2D eigenvalue weighted by atomic mass is 10.1. The van der Waals surface area contributed by atoms with Crippen molar-refractivity contribution in [3.05, 3.63) is 45.7 Å². The third-order valence-corrected chi connectivity index (χ3v) is 3.74. The van der Waals surface area contributed by atoms with E-state index in [4.69, 9.17) is 18.0 Å². The molecule has 0 saturated heterocycles. The fourth-order valence-corrected chi connectivity index (χ4v) is 2.61. The molecule has 0 atom stereocenters. The van der Waals surface area contributed by atoms with E-state index >= 15 is 0 Å². The van der Waals surface area contributed by atoms with E-state index in [2.05, 4.69) is 4.98 Å². The molecule has 0 radical (unpaired) electrons. The minimum absolute atomic E-state index is 0.191. The van der Waals surface area contributed by atoms with Gasteiger partial charge < -0.3 is 10.6 Å². The van der Waals surface area contributed by atoms with Crippen molar-refractivity contribution in [1.29, 1.82) is 0 Å². The van der Waals surface area contributed by atoms with Crippen molar-refractivity contribution in [2.45, 2.75) is 13.5 Å². The first kappa shape index (κ1) is 13.9. The first-order valence-corrected chi connectivity index (χ1v) is 6.97. The molecule has 1 aromatic carbocycles. The molecule has 0 bridgehead atoms. The van der Waals surface area contributed by atoms with Crippen LogP contribution in [0.15, 0.2) is 23.6 Å². The molecular formula is C13H14FN3S2. The van der Waals surface area contributed by atoms with E-state index in [9.17, 15) is 4.39 Å². The molecule has 0 saturated carbocycles. The fourth-order valence-electron chi connectivity index (χ4n) is 1.85. The van der Waals surface area contributed by atoms with Crippen molar-refractivity contribution in [3.63, 3.8) is 0 Å². The van der Waals surface area contributed by atoms with Gasteiger partial charge in [-0.05, 0) is 25.1 Å². The molecule has 100 valence electrons. The highest BCUT2D eigenvalue weighted by Gasteiger charge is 2.12. The number of thiazole rings is 1. The zero-order valence-electron chi connectivity index (χ0n) is 10.7. The molecule has 3 nitrogen and oxygen atoms in total. The number of anilines is 1. The Kier molecular flexibility index (Phi) is 4.11. The SMILES string of the molecule is Cc1nc(CN(C)c2ccc(F)cc2C(N)=S)cs1. The van der Waals surface area contributed by atoms with Crippen LogP contribution in [0.2, 0.25) is 0 Å². The first-order valence-electron chi connectivity index (χ1n) is 5.69. The van der Waals surface area contributed by atoms with Crippen molar-refractivity contribution < 1.29 is 4.39 Å². The molecule has 0 fully saturated rings. The Morgan fingerprint density at radius 3 is 2.84 bits per heavy atom. The lowest BCUT2D eigenvalue weighted by Crippen LogP contribution is -2.21. The molecule has 0 spiro atoms. The summed E-state index contributed by atoms with van der Waals surface area (Å²) >= 11 is 6.57. The third kappa shape index (κ3) is 3.27. The number of halogens is 1. The molecule has 2 rings (SSSR count). The van der Waals surface area contributed by atoms with Gasteiger partial charge in [-0.3, -0.25) is 0 Å². The summed E-state index contributed by atoms with van der Waals surface area (Å²) in [5.41, 5.74) is 7.97. The van der Waals surface area contributed by atoms with E-state index in [-0.39, 0.29) is 10.8 Å². The molecule has 1 heterocycles. The number of benzene rings is 1. The van der Waals surface area contributed by atoms with Crippen LogP contribution < -0.4 is 10.6 Å². The van der Waals surface area contributed by atoms with Crippen LogP contribution in [0.25, 0.3) is 0 Å². The summed E-state index contributed by atoms with van der Waals surface area (Å²) in [5.74, 6) is -0.343. The van der Waals surface area contributed by atoms with Crippen molar-refractivity contribution >= 4 is 34.2 Å². The monoisotopic (exact) mass is 295 g/mol. The smallest absolute Gasteiger partial charge is 0.124 e. The first-order chi connectivity index (χ1) is 8.97. The minimum Gasteiger partial charge on any atom is -0.389 e. The highest BCUT2D eigenvalue weighted by atomic mass is 32.1. The molecule has 0 aliphatic carbocycles. The molecule has 0 aliphatic rings. The number of rotatable bonds is 4. The van der Waals surface area contributed by atoms with Gasteiger partial charge in [0.2, 0.25) is 0 Å². The fraction of sp³-hybridized carbons (Fsp3) is 0.231. The van der Waals surface area contributed by atoms with Gasteiger partial charge in [0.05, 0.1) is 17.2 Å². The standard InChI is InChI=1S/C13H14FN3S2/c1-8-16-10(7-19-8)6-17(2)12-4-3-9(14)5-11(12)13(15)18/h3-5,7H,6H2,1-2H3,(H2,15,18). The third-order valence-electron chi connectivity index (χ3n) is 2.70. The molecule has 0 aliphatic heterocycles. The van der Waals surface area contributed by atoms with Crippen LogP contribution in [0, 0.1) is 12.7 Å². The largest absolute Gasteiger partial charge is 0.389 e. The number of hydrogen-bond acceptors (Lipinski definition) is 4. The maximum atomic E-state index is 13.3. The van der Waals surface area contributed by atoms with E-state index in [1.54, 1.807) is 17.4 Å². The zero-order chi connectivity index (χ0) is 14.0. The van der Waals surface area contributed by atoms with Gasteiger partial charge in [-0.1, -0.05) is 12.2 Å². The second kappa shape index (κ2) is 5.63. The van der Waals surface area contributed by atoms with Crippen LogP contribution in [-0.2, 0) is 6.54 Å². The zero-order valence-corrected chi connectivity index (χ0v) is 12.3. The second-order valence-electron chi connectivity index (χ2n) is 4.24. The summed E-state index contributed by atoms with van der Waals surface area (Å²) in [4.78, 5) is 6.56. The Morgan fingerprint density at radius 1 is 1.53 bits per heavy atom. The minimum atomic E-state index is -0.343. The molecule has 6 heteroatoms. The number of nitrogens with two attached hydrogens (primary N) is 1. The second-order valence-corrected chi connectivity index (χ2v) is 5.74. The Labute approximate surface area is 120 Å². The summed E-state index contributed by atoms with van der Waals surface area (Å²) < 4.78 is 13.3. The molecule has 2 aromatic rings. The van der Waals surface area contributed by atoms with E-state index in [0.29, 0.717) is 12.1 Å². The average molecular weight is 295 g/mol. The summed E-state index contributed by atoms with van der Waals surface area (Å²) in [5, 5.41) is 3.03. The Balaban J connectivity index is 2.28. The number of hydrogen-bond donors (Lipinski definition) is 1. The number of aromatic nitrogens is 1. The van der Waals surface area contributed by atoms with Crippen molar-refractivity contribution in [1.82, 2.24) is 4.98 Å². The van der Waals surface area contributed by atoms with Crippen LogP contribution in [0.5, 0.6) is 0 Å². The number of aryl methyl sites for hydroxylation is 1. The summed E-state index contributed by atoms with van der Waals surface area (Å²) in [7, 11) is 1.91. The van der Waals surface area contributed by atoms with Crippen LogP contribution >= 0.6 is 23.6 Å². The molecule has 2 N–H and O–H groups in total. The molecule has 0 unspecified atom stereocenters. The number of nitrogens with zero attached hydrogens (tertiary/aromatic N) is 2.